The number of ether oxygens (including phenoxy) is 1. The van der Waals surface area contributed by atoms with E-state index < -0.39 is 28.5 Å². The predicted octanol–water partition coefficient (Wildman–Crippen LogP) is 3.63. The second kappa shape index (κ2) is 13.6. The van der Waals surface area contributed by atoms with Gasteiger partial charge in [-0.1, -0.05) is 79.7 Å². The van der Waals surface area contributed by atoms with Crippen LogP contribution in [0.15, 0.2) is 84.9 Å². The van der Waals surface area contributed by atoms with Gasteiger partial charge in [-0.05, 0) is 29.7 Å². The van der Waals surface area contributed by atoms with Gasteiger partial charge in [0.25, 0.3) is 0 Å². The average molecular weight is 538 g/mol. The van der Waals surface area contributed by atoms with Gasteiger partial charge in [-0.15, -0.1) is 0 Å². The molecule has 3 aromatic carbocycles. The smallest absolute Gasteiger partial charge is 0.244 e. The maximum atomic E-state index is 14.0. The number of amides is 2. The summed E-state index contributed by atoms with van der Waals surface area (Å²) >= 11 is 0. The molecule has 0 saturated heterocycles. The summed E-state index contributed by atoms with van der Waals surface area (Å²) in [5.41, 5.74) is 1.96. The second-order valence-corrected chi connectivity index (χ2v) is 10.9. The summed E-state index contributed by atoms with van der Waals surface area (Å²) in [5, 5.41) is 2.92. The number of hydrogen-bond donors (Lipinski definition) is 1. The fourth-order valence-corrected chi connectivity index (χ4v) is 4.98. The van der Waals surface area contributed by atoms with Gasteiger partial charge in [0.1, 0.15) is 18.3 Å². The van der Waals surface area contributed by atoms with Crippen molar-refractivity contribution in [2.24, 2.45) is 0 Å². The first-order valence-corrected chi connectivity index (χ1v) is 14.3. The minimum Gasteiger partial charge on any atom is -0.495 e. The standard InChI is InChI=1S/C29H35N3O5S/c1-4-19-30-29(34)26(20-23-13-7-5-8-14-23)31(21-24-15-9-6-10-16-24)28(33)22-32(38(3,35)36)25-17-11-12-18-27(25)37-2/h5-18,26H,4,19-22H2,1-3H3,(H,30,34). The number of benzene rings is 3. The molecule has 0 aliphatic heterocycles. The van der Waals surface area contributed by atoms with Gasteiger partial charge in [-0.2, -0.15) is 0 Å². The van der Waals surface area contributed by atoms with Crippen LogP contribution in [0.1, 0.15) is 24.5 Å². The van der Waals surface area contributed by atoms with Gasteiger partial charge in [0.05, 0.1) is 19.1 Å². The minimum atomic E-state index is -3.87. The first kappa shape index (κ1) is 28.7. The molecule has 0 fully saturated rings. The molecule has 0 aliphatic carbocycles. The molecule has 8 nitrogen and oxygen atoms in total. The third kappa shape index (κ3) is 7.82. The Morgan fingerprint density at radius 3 is 2.05 bits per heavy atom. The summed E-state index contributed by atoms with van der Waals surface area (Å²) in [4.78, 5) is 28.9. The maximum absolute atomic E-state index is 14.0. The van der Waals surface area contributed by atoms with E-state index in [9.17, 15) is 18.0 Å². The van der Waals surface area contributed by atoms with E-state index in [1.165, 1.54) is 12.0 Å². The molecule has 0 aromatic heterocycles. The summed E-state index contributed by atoms with van der Waals surface area (Å²) in [6.07, 6.45) is 2.07. The number of para-hydroxylation sites is 2. The van der Waals surface area contributed by atoms with Crippen LogP contribution in [-0.4, -0.2) is 57.6 Å². The molecule has 1 unspecified atom stereocenters. The Morgan fingerprint density at radius 1 is 0.895 bits per heavy atom. The van der Waals surface area contributed by atoms with E-state index in [1.54, 1.807) is 24.3 Å². The molecule has 0 aliphatic rings. The monoisotopic (exact) mass is 537 g/mol. The van der Waals surface area contributed by atoms with Crippen LogP contribution in [0.5, 0.6) is 5.75 Å². The SMILES string of the molecule is CCCNC(=O)C(Cc1ccccc1)N(Cc1ccccc1)C(=O)CN(c1ccccc1OC)S(C)(=O)=O. The Balaban J connectivity index is 2.04. The highest BCUT2D eigenvalue weighted by atomic mass is 32.2. The number of hydrogen-bond acceptors (Lipinski definition) is 5. The number of anilines is 1. The normalized spacial score (nSPS) is 11.9. The predicted molar refractivity (Wildman–Crippen MR) is 149 cm³/mol. The lowest BCUT2D eigenvalue weighted by Crippen LogP contribution is -2.53. The zero-order valence-electron chi connectivity index (χ0n) is 22.0. The highest BCUT2D eigenvalue weighted by Crippen LogP contribution is 2.29. The second-order valence-electron chi connectivity index (χ2n) is 8.95. The number of carbonyl (C=O) groups excluding carboxylic acids is 2. The van der Waals surface area contributed by atoms with Crippen molar-refractivity contribution in [1.82, 2.24) is 10.2 Å². The molecular weight excluding hydrogens is 502 g/mol. The van der Waals surface area contributed by atoms with Crippen molar-refractivity contribution in [3.8, 4) is 5.75 Å². The molecule has 9 heteroatoms. The molecule has 0 saturated carbocycles. The van der Waals surface area contributed by atoms with E-state index in [0.717, 1.165) is 28.1 Å². The molecule has 1 N–H and O–H groups in total. The van der Waals surface area contributed by atoms with Crippen LogP contribution >= 0.6 is 0 Å². The summed E-state index contributed by atoms with van der Waals surface area (Å²) in [6.45, 7) is 2.07. The van der Waals surface area contributed by atoms with E-state index in [0.29, 0.717) is 12.3 Å². The lowest BCUT2D eigenvalue weighted by atomic mass is 10.0. The third-order valence-electron chi connectivity index (χ3n) is 6.05. The van der Waals surface area contributed by atoms with Crippen molar-refractivity contribution >= 4 is 27.5 Å². The summed E-state index contributed by atoms with van der Waals surface area (Å²) in [7, 11) is -2.42. The molecule has 3 rings (SSSR count). The molecule has 0 bridgehead atoms. The van der Waals surface area contributed by atoms with E-state index >= 15 is 0 Å². The summed E-state index contributed by atoms with van der Waals surface area (Å²) in [5.74, 6) is -0.470. The molecule has 0 spiro atoms. The summed E-state index contributed by atoms with van der Waals surface area (Å²) in [6, 6.07) is 24.6. The van der Waals surface area contributed by atoms with E-state index in [1.807, 2.05) is 67.6 Å². The Labute approximate surface area is 225 Å². The fraction of sp³-hybridized carbons (Fsp3) is 0.310. The van der Waals surface area contributed by atoms with Crippen LogP contribution in [0.3, 0.4) is 0 Å². The van der Waals surface area contributed by atoms with Crippen LogP contribution in [0.25, 0.3) is 0 Å². The topological polar surface area (TPSA) is 96.0 Å². The molecule has 1 atom stereocenters. The molecule has 3 aromatic rings. The van der Waals surface area contributed by atoms with Crippen LogP contribution in [0, 0.1) is 0 Å². The lowest BCUT2D eigenvalue weighted by Gasteiger charge is -2.33. The van der Waals surface area contributed by atoms with Gasteiger partial charge in [0.15, 0.2) is 0 Å². The first-order chi connectivity index (χ1) is 18.2. The van der Waals surface area contributed by atoms with E-state index in [2.05, 4.69) is 5.32 Å². The largest absolute Gasteiger partial charge is 0.495 e. The number of nitrogens with one attached hydrogen (secondary N) is 1. The van der Waals surface area contributed by atoms with Gasteiger partial charge in [-0.25, -0.2) is 8.42 Å². The van der Waals surface area contributed by atoms with Crippen LogP contribution < -0.4 is 14.4 Å². The number of nitrogens with zero attached hydrogens (tertiary/aromatic N) is 2. The first-order valence-electron chi connectivity index (χ1n) is 12.5. The van der Waals surface area contributed by atoms with Crippen molar-refractivity contribution < 1.29 is 22.7 Å². The van der Waals surface area contributed by atoms with E-state index in [4.69, 9.17) is 4.74 Å². The van der Waals surface area contributed by atoms with Crippen molar-refractivity contribution in [3.05, 3.63) is 96.1 Å². The van der Waals surface area contributed by atoms with Crippen LogP contribution in [-0.2, 0) is 32.6 Å². The lowest BCUT2D eigenvalue weighted by molar-refractivity contribution is -0.140. The maximum Gasteiger partial charge on any atom is 0.244 e. The molecule has 0 heterocycles. The molecular formula is C29H35N3O5S. The average Bonchev–Trinajstić information content (AvgIpc) is 2.92. The number of methoxy groups -OCH3 is 1. The van der Waals surface area contributed by atoms with Crippen molar-refractivity contribution in [1.29, 1.82) is 0 Å². The van der Waals surface area contributed by atoms with Gasteiger partial charge < -0.3 is 15.0 Å². The Morgan fingerprint density at radius 2 is 1.47 bits per heavy atom. The van der Waals surface area contributed by atoms with Crippen molar-refractivity contribution in [3.63, 3.8) is 0 Å². The highest BCUT2D eigenvalue weighted by Gasteiger charge is 2.33. The number of sulfonamides is 1. The Hall–Kier alpha value is -3.85. The molecule has 2 amide bonds. The zero-order valence-corrected chi connectivity index (χ0v) is 22.9. The number of rotatable bonds is 13. The highest BCUT2D eigenvalue weighted by molar-refractivity contribution is 7.92. The van der Waals surface area contributed by atoms with Crippen LogP contribution in [0.2, 0.25) is 0 Å². The fourth-order valence-electron chi connectivity index (χ4n) is 4.13. The summed E-state index contributed by atoms with van der Waals surface area (Å²) < 4.78 is 32.1. The van der Waals surface area contributed by atoms with Crippen molar-refractivity contribution in [2.45, 2.75) is 32.4 Å². The number of carbonyl (C=O) groups is 2. The van der Waals surface area contributed by atoms with Gasteiger partial charge in [0, 0.05) is 19.5 Å². The molecule has 202 valence electrons. The van der Waals surface area contributed by atoms with Gasteiger partial charge in [0.2, 0.25) is 21.8 Å². The minimum absolute atomic E-state index is 0.139. The Kier molecular flexibility index (Phi) is 10.3. The molecule has 0 radical (unpaired) electrons. The molecule has 38 heavy (non-hydrogen) atoms. The third-order valence-corrected chi connectivity index (χ3v) is 7.18. The quantitative estimate of drug-likeness (QED) is 0.359. The van der Waals surface area contributed by atoms with Gasteiger partial charge >= 0.3 is 0 Å². The van der Waals surface area contributed by atoms with Crippen molar-refractivity contribution in [2.75, 3.05) is 30.8 Å². The van der Waals surface area contributed by atoms with E-state index in [-0.39, 0.29) is 24.6 Å². The van der Waals surface area contributed by atoms with Crippen LogP contribution in [0.4, 0.5) is 5.69 Å². The van der Waals surface area contributed by atoms with Gasteiger partial charge in [-0.3, -0.25) is 13.9 Å². The zero-order chi connectivity index (χ0) is 27.5. The Bertz CT molecular complexity index is 1300.